The summed E-state index contributed by atoms with van der Waals surface area (Å²) in [4.78, 5) is 12.2. The van der Waals surface area contributed by atoms with E-state index in [4.69, 9.17) is 21.1 Å². The lowest BCUT2D eigenvalue weighted by atomic mass is 10.2. The van der Waals surface area contributed by atoms with Crippen molar-refractivity contribution >= 4 is 29.3 Å². The first-order valence-electron chi connectivity index (χ1n) is 7.99. The summed E-state index contributed by atoms with van der Waals surface area (Å²) in [6.45, 7) is 5.81. The molecule has 0 aromatic heterocycles. The summed E-state index contributed by atoms with van der Waals surface area (Å²) in [6.07, 6.45) is 3.30. The molecule has 0 unspecified atom stereocenters. The van der Waals surface area contributed by atoms with Crippen molar-refractivity contribution in [3.8, 4) is 11.5 Å². The number of halogens is 1. The standard InChI is InChI=1S/C20H22ClNO3/c1-13(2)25-16-7-5-6-15(11-16)8-9-20(23)22-18-10-14(3)17(21)12-19(18)24-4/h5-13H,1-4H3,(H,22,23)/b9-8+. The fourth-order valence-corrected chi connectivity index (χ4v) is 2.39. The number of hydrogen-bond acceptors (Lipinski definition) is 3. The Morgan fingerprint density at radius 1 is 1.24 bits per heavy atom. The molecule has 2 rings (SSSR count). The third-order valence-corrected chi connectivity index (χ3v) is 3.80. The normalized spacial score (nSPS) is 11.0. The Balaban J connectivity index is 2.10. The zero-order chi connectivity index (χ0) is 18.4. The molecule has 4 nitrogen and oxygen atoms in total. The van der Waals surface area contributed by atoms with E-state index < -0.39 is 0 Å². The monoisotopic (exact) mass is 359 g/mol. The predicted octanol–water partition coefficient (Wildman–Crippen LogP) is 5.10. The molecule has 0 heterocycles. The first-order valence-corrected chi connectivity index (χ1v) is 8.36. The van der Waals surface area contributed by atoms with Crippen LogP contribution in [0.4, 0.5) is 5.69 Å². The topological polar surface area (TPSA) is 47.6 Å². The van der Waals surface area contributed by atoms with Crippen LogP contribution in [-0.4, -0.2) is 19.1 Å². The van der Waals surface area contributed by atoms with Crippen molar-refractivity contribution in [1.82, 2.24) is 0 Å². The summed E-state index contributed by atoms with van der Waals surface area (Å²) >= 11 is 6.07. The van der Waals surface area contributed by atoms with Crippen molar-refractivity contribution in [2.45, 2.75) is 26.9 Å². The van der Waals surface area contributed by atoms with Gasteiger partial charge in [0.25, 0.3) is 0 Å². The van der Waals surface area contributed by atoms with Crippen LogP contribution in [-0.2, 0) is 4.79 Å². The molecular weight excluding hydrogens is 338 g/mol. The molecule has 0 radical (unpaired) electrons. The van der Waals surface area contributed by atoms with Crippen LogP contribution in [0.1, 0.15) is 25.0 Å². The van der Waals surface area contributed by atoms with Crippen molar-refractivity contribution in [2.24, 2.45) is 0 Å². The van der Waals surface area contributed by atoms with E-state index in [1.165, 1.54) is 13.2 Å². The van der Waals surface area contributed by atoms with Crippen LogP contribution in [0.25, 0.3) is 6.08 Å². The lowest BCUT2D eigenvalue weighted by Crippen LogP contribution is -2.09. The second-order valence-corrected chi connectivity index (χ2v) is 6.27. The number of hydrogen-bond donors (Lipinski definition) is 1. The maximum Gasteiger partial charge on any atom is 0.248 e. The van der Waals surface area contributed by atoms with Gasteiger partial charge in [-0.15, -0.1) is 0 Å². The number of amides is 1. The third kappa shape index (κ3) is 5.54. The van der Waals surface area contributed by atoms with Gasteiger partial charge in [0.15, 0.2) is 0 Å². The van der Waals surface area contributed by atoms with Crippen molar-refractivity contribution in [2.75, 3.05) is 12.4 Å². The van der Waals surface area contributed by atoms with Crippen LogP contribution in [0.3, 0.4) is 0 Å². The van der Waals surface area contributed by atoms with Crippen molar-refractivity contribution in [1.29, 1.82) is 0 Å². The van der Waals surface area contributed by atoms with E-state index in [1.54, 1.807) is 18.2 Å². The molecule has 0 spiro atoms. The molecule has 0 aliphatic heterocycles. The fourth-order valence-electron chi connectivity index (χ4n) is 2.24. The first kappa shape index (κ1) is 18.9. The number of nitrogens with one attached hydrogen (secondary N) is 1. The number of anilines is 1. The number of carbonyl (C=O) groups is 1. The molecule has 0 bridgehead atoms. The van der Waals surface area contributed by atoms with Crippen LogP contribution in [0.5, 0.6) is 11.5 Å². The Hall–Kier alpha value is -2.46. The van der Waals surface area contributed by atoms with Crippen LogP contribution in [0.2, 0.25) is 5.02 Å². The summed E-state index contributed by atoms with van der Waals surface area (Å²) in [5, 5.41) is 3.40. The van der Waals surface area contributed by atoms with Gasteiger partial charge in [0.05, 0.1) is 18.9 Å². The highest BCUT2D eigenvalue weighted by Crippen LogP contribution is 2.30. The second kappa shape index (κ2) is 8.58. The summed E-state index contributed by atoms with van der Waals surface area (Å²) in [5.41, 5.74) is 2.32. The highest BCUT2D eigenvalue weighted by Gasteiger charge is 2.09. The molecule has 0 fully saturated rings. The van der Waals surface area contributed by atoms with Gasteiger partial charge < -0.3 is 14.8 Å². The van der Waals surface area contributed by atoms with Crippen LogP contribution in [0.15, 0.2) is 42.5 Å². The molecule has 0 aliphatic rings. The van der Waals surface area contributed by atoms with E-state index in [0.29, 0.717) is 16.5 Å². The third-order valence-electron chi connectivity index (χ3n) is 3.40. The first-order chi connectivity index (χ1) is 11.9. The molecule has 1 amide bonds. The predicted molar refractivity (Wildman–Crippen MR) is 103 cm³/mol. The van der Waals surface area contributed by atoms with Gasteiger partial charge >= 0.3 is 0 Å². The summed E-state index contributed by atoms with van der Waals surface area (Å²) in [6, 6.07) is 11.0. The Kier molecular flexibility index (Phi) is 6.48. The molecule has 0 atom stereocenters. The Morgan fingerprint density at radius 3 is 2.68 bits per heavy atom. The lowest BCUT2D eigenvalue weighted by molar-refractivity contribution is -0.111. The van der Waals surface area contributed by atoms with Crippen LogP contribution >= 0.6 is 11.6 Å². The number of carbonyl (C=O) groups excluding carboxylic acids is 1. The smallest absolute Gasteiger partial charge is 0.248 e. The quantitative estimate of drug-likeness (QED) is 0.730. The lowest BCUT2D eigenvalue weighted by Gasteiger charge is -2.11. The van der Waals surface area contributed by atoms with Gasteiger partial charge in [0.2, 0.25) is 5.91 Å². The Morgan fingerprint density at radius 2 is 2.00 bits per heavy atom. The molecule has 0 aliphatic carbocycles. The van der Waals surface area contributed by atoms with Gasteiger partial charge in [-0.1, -0.05) is 23.7 Å². The summed E-state index contributed by atoms with van der Waals surface area (Å²) in [5.74, 6) is 1.03. The Labute approximate surface area is 153 Å². The van der Waals surface area contributed by atoms with E-state index in [1.807, 2.05) is 45.0 Å². The largest absolute Gasteiger partial charge is 0.495 e. The maximum atomic E-state index is 12.2. The molecule has 0 saturated carbocycles. The molecular formula is C20H22ClNO3. The van der Waals surface area contributed by atoms with Gasteiger partial charge in [-0.25, -0.2) is 0 Å². The summed E-state index contributed by atoms with van der Waals surface area (Å²) < 4.78 is 10.9. The van der Waals surface area contributed by atoms with Gasteiger partial charge in [0, 0.05) is 17.2 Å². The van der Waals surface area contributed by atoms with E-state index in [2.05, 4.69) is 5.32 Å². The SMILES string of the molecule is COc1cc(Cl)c(C)cc1NC(=O)/C=C/c1cccc(OC(C)C)c1. The van der Waals surface area contributed by atoms with E-state index in [0.717, 1.165) is 16.9 Å². The molecule has 2 aromatic rings. The minimum Gasteiger partial charge on any atom is -0.495 e. The second-order valence-electron chi connectivity index (χ2n) is 5.86. The van der Waals surface area contributed by atoms with E-state index >= 15 is 0 Å². The number of rotatable bonds is 6. The van der Waals surface area contributed by atoms with Crippen LogP contribution < -0.4 is 14.8 Å². The van der Waals surface area contributed by atoms with Gasteiger partial charge in [0.1, 0.15) is 11.5 Å². The van der Waals surface area contributed by atoms with Crippen LogP contribution in [0, 0.1) is 6.92 Å². The zero-order valence-electron chi connectivity index (χ0n) is 14.8. The Bertz CT molecular complexity index is 785. The van der Waals surface area contributed by atoms with Gasteiger partial charge in [-0.2, -0.15) is 0 Å². The van der Waals surface area contributed by atoms with E-state index in [9.17, 15) is 4.79 Å². The number of aryl methyl sites for hydroxylation is 1. The van der Waals surface area contributed by atoms with Gasteiger partial charge in [-0.05, 0) is 56.2 Å². The minimum absolute atomic E-state index is 0.100. The molecule has 1 N–H and O–H groups in total. The molecule has 0 saturated heterocycles. The maximum absolute atomic E-state index is 12.2. The average Bonchev–Trinajstić information content (AvgIpc) is 2.56. The highest BCUT2D eigenvalue weighted by molar-refractivity contribution is 6.31. The molecule has 25 heavy (non-hydrogen) atoms. The summed E-state index contributed by atoms with van der Waals surface area (Å²) in [7, 11) is 1.53. The fraction of sp³-hybridized carbons (Fsp3) is 0.250. The number of ether oxygens (including phenoxy) is 2. The van der Waals surface area contributed by atoms with E-state index in [-0.39, 0.29) is 12.0 Å². The molecule has 5 heteroatoms. The number of methoxy groups -OCH3 is 1. The average molecular weight is 360 g/mol. The highest BCUT2D eigenvalue weighted by atomic mass is 35.5. The number of benzene rings is 2. The molecule has 2 aromatic carbocycles. The van der Waals surface area contributed by atoms with Crippen molar-refractivity contribution < 1.29 is 14.3 Å². The molecule has 132 valence electrons. The minimum atomic E-state index is -0.254. The van der Waals surface area contributed by atoms with Gasteiger partial charge in [-0.3, -0.25) is 4.79 Å². The van der Waals surface area contributed by atoms with Crippen molar-refractivity contribution in [3.63, 3.8) is 0 Å². The van der Waals surface area contributed by atoms with Crippen molar-refractivity contribution in [3.05, 3.63) is 58.6 Å². The zero-order valence-corrected chi connectivity index (χ0v) is 15.6.